The average molecular weight is 284 g/mol. The highest BCUT2D eigenvalue weighted by Gasteiger charge is 2.09. The van der Waals surface area contributed by atoms with Gasteiger partial charge in [-0.2, -0.15) is 15.0 Å². The molecule has 0 aliphatic carbocycles. The minimum absolute atomic E-state index is 0.297. The first-order chi connectivity index (χ1) is 10.3. The molecule has 0 fully saturated rings. The van der Waals surface area contributed by atoms with Gasteiger partial charge >= 0.3 is 0 Å². The van der Waals surface area contributed by atoms with E-state index >= 15 is 0 Å². The molecule has 0 radical (unpaired) electrons. The van der Waals surface area contributed by atoms with E-state index in [-0.39, 0.29) is 5.82 Å². The number of aromatic nitrogens is 5. The number of hydrogen-bond donors (Lipinski definition) is 1. The quantitative estimate of drug-likeness (QED) is 0.796. The Balaban J connectivity index is 2.09. The molecule has 7 heteroatoms. The number of rotatable bonds is 4. The number of nitrogens with zero attached hydrogens (tertiary/aromatic N) is 5. The maximum atomic E-state index is 13.0. The zero-order valence-corrected chi connectivity index (χ0v) is 11.4. The summed E-state index contributed by atoms with van der Waals surface area (Å²) in [5.41, 5.74) is 0.722. The number of anilines is 1. The fourth-order valence-corrected chi connectivity index (χ4v) is 1.82. The summed E-state index contributed by atoms with van der Waals surface area (Å²) in [7, 11) is 0. The highest BCUT2D eigenvalue weighted by molar-refractivity contribution is 5.56. The first kappa shape index (κ1) is 13.2. The van der Waals surface area contributed by atoms with Crippen molar-refractivity contribution in [2.24, 2.45) is 0 Å². The van der Waals surface area contributed by atoms with Crippen LogP contribution in [0.5, 0.6) is 0 Å². The van der Waals surface area contributed by atoms with E-state index in [1.165, 1.54) is 12.1 Å². The number of hydrogen-bond acceptors (Lipinski definition) is 5. The van der Waals surface area contributed by atoms with Gasteiger partial charge in [0.05, 0.1) is 0 Å². The Kier molecular flexibility index (Phi) is 3.55. The lowest BCUT2D eigenvalue weighted by Gasteiger charge is -2.08. The predicted molar refractivity (Wildman–Crippen MR) is 76.5 cm³/mol. The van der Waals surface area contributed by atoms with E-state index in [0.717, 1.165) is 5.56 Å². The van der Waals surface area contributed by atoms with E-state index in [4.69, 9.17) is 0 Å². The number of halogens is 1. The summed E-state index contributed by atoms with van der Waals surface area (Å²) < 4.78 is 14.7. The molecule has 0 amide bonds. The van der Waals surface area contributed by atoms with Gasteiger partial charge in [-0.15, -0.1) is 0 Å². The molecule has 0 aliphatic heterocycles. The predicted octanol–water partition coefficient (Wildman–Crippen LogP) is 2.30. The SMILES string of the molecule is CCNc1nc(-c2ccc(F)cc2)nc(-n2ccnc2)n1. The summed E-state index contributed by atoms with van der Waals surface area (Å²) in [5.74, 6) is 1.10. The van der Waals surface area contributed by atoms with Crippen LogP contribution in [0.1, 0.15) is 6.92 Å². The number of benzene rings is 1. The highest BCUT2D eigenvalue weighted by Crippen LogP contribution is 2.18. The van der Waals surface area contributed by atoms with Gasteiger partial charge in [-0.25, -0.2) is 9.37 Å². The molecule has 0 saturated heterocycles. The third-order valence-corrected chi connectivity index (χ3v) is 2.80. The maximum absolute atomic E-state index is 13.0. The maximum Gasteiger partial charge on any atom is 0.240 e. The number of nitrogens with one attached hydrogen (secondary N) is 1. The van der Waals surface area contributed by atoms with Gasteiger partial charge in [0.1, 0.15) is 12.1 Å². The standard InChI is InChI=1S/C14H13FN6/c1-2-17-13-18-12(10-3-5-11(15)6-4-10)19-14(20-13)21-8-7-16-9-21/h3-9H,2H2,1H3,(H,17,18,19,20). The zero-order chi connectivity index (χ0) is 14.7. The van der Waals surface area contributed by atoms with E-state index in [0.29, 0.717) is 24.3 Å². The van der Waals surface area contributed by atoms with E-state index in [2.05, 4.69) is 25.3 Å². The van der Waals surface area contributed by atoms with Gasteiger partial charge in [-0.05, 0) is 31.2 Å². The lowest BCUT2D eigenvalue weighted by Crippen LogP contribution is -2.09. The lowest BCUT2D eigenvalue weighted by molar-refractivity contribution is 0.628. The van der Waals surface area contributed by atoms with Crippen LogP contribution in [0.3, 0.4) is 0 Å². The molecule has 21 heavy (non-hydrogen) atoms. The molecule has 0 unspecified atom stereocenters. The van der Waals surface area contributed by atoms with Gasteiger partial charge in [0.25, 0.3) is 0 Å². The summed E-state index contributed by atoms with van der Waals surface area (Å²) in [4.78, 5) is 17.0. The molecule has 0 atom stereocenters. The van der Waals surface area contributed by atoms with Gasteiger partial charge in [0, 0.05) is 24.5 Å². The Labute approximate surface area is 120 Å². The van der Waals surface area contributed by atoms with Crippen molar-refractivity contribution in [3.8, 4) is 17.3 Å². The van der Waals surface area contributed by atoms with Crippen LogP contribution in [0.2, 0.25) is 0 Å². The van der Waals surface area contributed by atoms with Crippen molar-refractivity contribution >= 4 is 5.95 Å². The summed E-state index contributed by atoms with van der Waals surface area (Å²) in [6, 6.07) is 6.03. The minimum atomic E-state index is -0.297. The smallest absolute Gasteiger partial charge is 0.240 e. The van der Waals surface area contributed by atoms with E-state index in [1.54, 1.807) is 35.4 Å². The second-order valence-electron chi connectivity index (χ2n) is 4.29. The molecule has 1 aromatic carbocycles. The Bertz CT molecular complexity index is 724. The molecule has 3 rings (SSSR count). The topological polar surface area (TPSA) is 68.5 Å². The third kappa shape index (κ3) is 2.86. The van der Waals surface area contributed by atoms with Crippen LogP contribution in [-0.4, -0.2) is 31.0 Å². The molecule has 0 saturated carbocycles. The molecule has 0 aliphatic rings. The van der Waals surface area contributed by atoms with E-state index in [9.17, 15) is 4.39 Å². The molecule has 1 N–H and O–H groups in total. The molecule has 6 nitrogen and oxygen atoms in total. The van der Waals surface area contributed by atoms with Crippen LogP contribution in [0.15, 0.2) is 43.0 Å². The van der Waals surface area contributed by atoms with Crippen molar-refractivity contribution in [2.75, 3.05) is 11.9 Å². The first-order valence-corrected chi connectivity index (χ1v) is 6.50. The van der Waals surface area contributed by atoms with Gasteiger partial charge in [-0.3, -0.25) is 4.57 Å². The third-order valence-electron chi connectivity index (χ3n) is 2.80. The molecule has 2 aromatic heterocycles. The van der Waals surface area contributed by atoms with Gasteiger partial charge in [-0.1, -0.05) is 0 Å². The van der Waals surface area contributed by atoms with Crippen molar-refractivity contribution in [2.45, 2.75) is 6.92 Å². The molecule has 0 bridgehead atoms. The Morgan fingerprint density at radius 3 is 2.62 bits per heavy atom. The first-order valence-electron chi connectivity index (χ1n) is 6.50. The fraction of sp³-hybridized carbons (Fsp3) is 0.143. The summed E-state index contributed by atoms with van der Waals surface area (Å²) in [6.07, 6.45) is 5.01. The van der Waals surface area contributed by atoms with Crippen LogP contribution >= 0.6 is 0 Å². The molecular formula is C14H13FN6. The second-order valence-corrected chi connectivity index (χ2v) is 4.29. The van der Waals surface area contributed by atoms with Crippen molar-refractivity contribution < 1.29 is 4.39 Å². The average Bonchev–Trinajstić information content (AvgIpc) is 3.02. The van der Waals surface area contributed by atoms with E-state index < -0.39 is 0 Å². The molecular weight excluding hydrogens is 271 g/mol. The fourth-order valence-electron chi connectivity index (χ4n) is 1.82. The molecule has 3 aromatic rings. The molecule has 0 spiro atoms. The summed E-state index contributed by atoms with van der Waals surface area (Å²) >= 11 is 0. The van der Waals surface area contributed by atoms with Crippen molar-refractivity contribution in [1.29, 1.82) is 0 Å². The monoisotopic (exact) mass is 284 g/mol. The lowest BCUT2D eigenvalue weighted by atomic mass is 10.2. The normalized spacial score (nSPS) is 10.6. The van der Waals surface area contributed by atoms with Crippen molar-refractivity contribution in [1.82, 2.24) is 24.5 Å². The Hall–Kier alpha value is -2.83. The van der Waals surface area contributed by atoms with Crippen molar-refractivity contribution in [3.63, 3.8) is 0 Å². The number of imidazole rings is 1. The van der Waals surface area contributed by atoms with Gasteiger partial charge in [0.15, 0.2) is 5.82 Å². The van der Waals surface area contributed by atoms with Crippen LogP contribution in [0.25, 0.3) is 17.3 Å². The van der Waals surface area contributed by atoms with Crippen molar-refractivity contribution in [3.05, 3.63) is 48.8 Å². The highest BCUT2D eigenvalue weighted by atomic mass is 19.1. The van der Waals surface area contributed by atoms with Gasteiger partial charge < -0.3 is 5.32 Å². The largest absolute Gasteiger partial charge is 0.354 e. The van der Waals surface area contributed by atoms with Crippen LogP contribution in [0, 0.1) is 5.82 Å². The Morgan fingerprint density at radius 1 is 1.14 bits per heavy atom. The van der Waals surface area contributed by atoms with E-state index in [1.807, 2.05) is 6.92 Å². The molecule has 2 heterocycles. The minimum Gasteiger partial charge on any atom is -0.354 e. The molecule has 106 valence electrons. The van der Waals surface area contributed by atoms with Gasteiger partial charge in [0.2, 0.25) is 11.9 Å². The Morgan fingerprint density at radius 2 is 1.95 bits per heavy atom. The summed E-state index contributed by atoms with van der Waals surface area (Å²) in [6.45, 7) is 2.65. The summed E-state index contributed by atoms with van der Waals surface area (Å²) in [5, 5.41) is 3.06. The van der Waals surface area contributed by atoms with Crippen LogP contribution in [-0.2, 0) is 0 Å². The zero-order valence-electron chi connectivity index (χ0n) is 11.4. The van der Waals surface area contributed by atoms with Crippen LogP contribution < -0.4 is 5.32 Å². The van der Waals surface area contributed by atoms with Crippen LogP contribution in [0.4, 0.5) is 10.3 Å². The second kappa shape index (κ2) is 5.66.